The lowest BCUT2D eigenvalue weighted by Crippen LogP contribution is -2.45. The van der Waals surface area contributed by atoms with E-state index in [9.17, 15) is 19.2 Å². The molecule has 1 saturated heterocycles. The maximum atomic E-state index is 13.6. The highest BCUT2D eigenvalue weighted by Crippen LogP contribution is 2.34. The van der Waals surface area contributed by atoms with Gasteiger partial charge in [-0.15, -0.1) is 0 Å². The number of hydrogen-bond acceptors (Lipinski definition) is 6. The van der Waals surface area contributed by atoms with Gasteiger partial charge in [-0.3, -0.25) is 14.4 Å². The Morgan fingerprint density at radius 2 is 1.82 bits per heavy atom. The Bertz CT molecular complexity index is 1200. The molecular weight excluding hydrogens is 494 g/mol. The van der Waals surface area contributed by atoms with Crippen LogP contribution in [0.25, 0.3) is 10.8 Å². The molecule has 0 spiro atoms. The van der Waals surface area contributed by atoms with Gasteiger partial charge in [-0.05, 0) is 54.4 Å². The second-order valence-corrected chi connectivity index (χ2v) is 11.7. The average Bonchev–Trinajstić information content (AvgIpc) is 3.62. The molecule has 210 valence electrons. The van der Waals surface area contributed by atoms with E-state index in [0.29, 0.717) is 25.7 Å². The summed E-state index contributed by atoms with van der Waals surface area (Å²) in [4.78, 5) is 51.4. The zero-order valence-corrected chi connectivity index (χ0v) is 23.5. The van der Waals surface area contributed by atoms with Crippen LogP contribution < -0.4 is 5.32 Å². The molecule has 1 N–H and O–H groups in total. The fraction of sp³-hybridized carbons (Fsp3) is 0.562. The summed E-state index contributed by atoms with van der Waals surface area (Å²) >= 11 is 0. The predicted molar refractivity (Wildman–Crippen MR) is 149 cm³/mol. The molecule has 7 heteroatoms. The van der Waals surface area contributed by atoms with Crippen LogP contribution in [0.4, 0.5) is 0 Å². The Balaban J connectivity index is 1.44. The second kappa shape index (κ2) is 12.9. The molecule has 7 nitrogen and oxygen atoms in total. The van der Waals surface area contributed by atoms with Gasteiger partial charge in [0.2, 0.25) is 5.91 Å². The van der Waals surface area contributed by atoms with Gasteiger partial charge in [0.1, 0.15) is 17.7 Å². The lowest BCUT2D eigenvalue weighted by Gasteiger charge is -2.25. The minimum Gasteiger partial charge on any atom is -0.467 e. The lowest BCUT2D eigenvalue weighted by molar-refractivity contribution is -0.142. The van der Waals surface area contributed by atoms with Crippen molar-refractivity contribution in [2.45, 2.75) is 84.0 Å². The molecule has 1 aliphatic heterocycles. The summed E-state index contributed by atoms with van der Waals surface area (Å²) in [7, 11) is 1.30. The van der Waals surface area contributed by atoms with Crippen LogP contribution in [-0.2, 0) is 35.1 Å². The monoisotopic (exact) mass is 535 g/mol. The van der Waals surface area contributed by atoms with Gasteiger partial charge in [0, 0.05) is 30.6 Å². The second-order valence-electron chi connectivity index (χ2n) is 11.7. The minimum absolute atomic E-state index is 0.0568. The van der Waals surface area contributed by atoms with Crippen molar-refractivity contribution in [3.8, 4) is 0 Å². The van der Waals surface area contributed by atoms with Crippen molar-refractivity contribution >= 4 is 34.2 Å². The van der Waals surface area contributed by atoms with Gasteiger partial charge in [0.25, 0.3) is 0 Å². The molecule has 39 heavy (non-hydrogen) atoms. The van der Waals surface area contributed by atoms with Gasteiger partial charge < -0.3 is 14.8 Å². The highest BCUT2D eigenvalue weighted by atomic mass is 16.6. The number of fused-ring (bicyclic) bond motifs is 1. The van der Waals surface area contributed by atoms with Gasteiger partial charge in [-0.25, -0.2) is 4.79 Å². The Labute approximate surface area is 231 Å². The minimum atomic E-state index is -0.734. The predicted octanol–water partition coefficient (Wildman–Crippen LogP) is 4.82. The third kappa shape index (κ3) is 7.33. The van der Waals surface area contributed by atoms with Crippen LogP contribution in [0.5, 0.6) is 0 Å². The summed E-state index contributed by atoms with van der Waals surface area (Å²) in [6, 6.07) is 13.8. The molecule has 0 aromatic heterocycles. The molecule has 1 saturated carbocycles. The van der Waals surface area contributed by atoms with Gasteiger partial charge in [-0.2, -0.15) is 0 Å². The number of carbonyl (C=O) groups excluding carboxylic acids is 4. The first-order valence-corrected chi connectivity index (χ1v) is 14.2. The van der Waals surface area contributed by atoms with E-state index in [-0.39, 0.29) is 41.6 Å². The number of ketones is 2. The Kier molecular flexibility index (Phi) is 9.54. The topological polar surface area (TPSA) is 102 Å². The van der Waals surface area contributed by atoms with Gasteiger partial charge in [0.15, 0.2) is 6.10 Å². The number of Topliss-reactive ketones (excluding diaryl/α,β-unsaturated/α-hetero) is 2. The summed E-state index contributed by atoms with van der Waals surface area (Å²) in [5.41, 5.74) is 1.12. The number of nitrogens with one attached hydrogen (secondary N) is 1. The van der Waals surface area contributed by atoms with Crippen molar-refractivity contribution in [2.24, 2.45) is 23.7 Å². The highest BCUT2D eigenvalue weighted by molar-refractivity contribution is 5.90. The van der Waals surface area contributed by atoms with Crippen LogP contribution >= 0.6 is 0 Å². The quantitative estimate of drug-likeness (QED) is 0.291. The molecule has 2 aromatic carbocycles. The van der Waals surface area contributed by atoms with Gasteiger partial charge >= 0.3 is 5.97 Å². The molecule has 1 amide bonds. The molecule has 4 rings (SSSR count). The number of rotatable bonds is 13. The molecule has 1 aliphatic carbocycles. The maximum absolute atomic E-state index is 13.6. The molecule has 2 fully saturated rings. The first-order chi connectivity index (χ1) is 18.7. The Morgan fingerprint density at radius 3 is 2.51 bits per heavy atom. The summed E-state index contributed by atoms with van der Waals surface area (Å²) in [5.74, 6) is -1.11. The molecule has 2 aliphatic rings. The molecule has 2 aromatic rings. The van der Waals surface area contributed by atoms with E-state index in [1.807, 2.05) is 39.0 Å². The average molecular weight is 536 g/mol. The smallest absolute Gasteiger partial charge is 0.337 e. The van der Waals surface area contributed by atoms with Crippen LogP contribution in [0.15, 0.2) is 42.5 Å². The number of benzene rings is 2. The third-order valence-corrected chi connectivity index (χ3v) is 8.18. The normalized spacial score (nSPS) is 22.9. The number of esters is 1. The number of methoxy groups -OCH3 is 1. The van der Waals surface area contributed by atoms with Crippen LogP contribution in [0, 0.1) is 23.7 Å². The van der Waals surface area contributed by atoms with Gasteiger partial charge in [-0.1, -0.05) is 63.2 Å². The fourth-order valence-corrected chi connectivity index (χ4v) is 5.97. The molecule has 0 bridgehead atoms. The Hall–Kier alpha value is -3.06. The summed E-state index contributed by atoms with van der Waals surface area (Å²) < 4.78 is 10.4. The van der Waals surface area contributed by atoms with E-state index in [1.165, 1.54) is 7.11 Å². The van der Waals surface area contributed by atoms with Crippen molar-refractivity contribution < 1.29 is 28.7 Å². The maximum Gasteiger partial charge on any atom is 0.337 e. The van der Waals surface area contributed by atoms with E-state index in [0.717, 1.165) is 29.2 Å². The number of amides is 1. The van der Waals surface area contributed by atoms with Crippen molar-refractivity contribution in [3.63, 3.8) is 0 Å². The van der Waals surface area contributed by atoms with Crippen LogP contribution in [0.3, 0.4) is 0 Å². The van der Waals surface area contributed by atoms with E-state index < -0.39 is 30.1 Å². The number of ether oxygens (including phenoxy) is 2. The Morgan fingerprint density at radius 1 is 1.08 bits per heavy atom. The molecule has 6 atom stereocenters. The molecule has 1 unspecified atom stereocenters. The zero-order chi connectivity index (χ0) is 28.1. The molecule has 0 radical (unpaired) electrons. The largest absolute Gasteiger partial charge is 0.467 e. The standard InChI is InChI=1S/C32H41NO6/c1-19(2)15-24(18-28(35)20(3)16-22-11-7-10-21-9-5-6-13-25(21)22)31(36)33-26(17-23-12-8-14-27(23)34)29-30(39-29)32(37)38-4/h5-7,9-11,13,19-20,23-24,26,29-30H,8,12,14-18H2,1-4H3,(H,33,36)/t20-,23-,24+,26-,29+,30?/m0/s1. The first kappa shape index (κ1) is 28.9. The van der Waals surface area contributed by atoms with E-state index in [1.54, 1.807) is 0 Å². The fourth-order valence-electron chi connectivity index (χ4n) is 5.97. The molecular formula is C32H41NO6. The van der Waals surface area contributed by atoms with Crippen molar-refractivity contribution in [3.05, 3.63) is 48.0 Å². The van der Waals surface area contributed by atoms with E-state index in [4.69, 9.17) is 9.47 Å². The highest BCUT2D eigenvalue weighted by Gasteiger charge is 2.52. The number of carbonyl (C=O) groups is 4. The van der Waals surface area contributed by atoms with E-state index >= 15 is 0 Å². The lowest BCUT2D eigenvalue weighted by atomic mass is 9.85. The van der Waals surface area contributed by atoms with Crippen LogP contribution in [-0.4, -0.2) is 48.8 Å². The van der Waals surface area contributed by atoms with Gasteiger partial charge in [0.05, 0.1) is 13.2 Å². The zero-order valence-electron chi connectivity index (χ0n) is 23.5. The van der Waals surface area contributed by atoms with Crippen molar-refractivity contribution in [2.75, 3.05) is 7.11 Å². The summed E-state index contributed by atoms with van der Waals surface area (Å²) in [6.07, 6.45) is 2.68. The van der Waals surface area contributed by atoms with E-state index in [2.05, 4.69) is 29.6 Å². The van der Waals surface area contributed by atoms with Crippen LogP contribution in [0.2, 0.25) is 0 Å². The van der Waals surface area contributed by atoms with Crippen molar-refractivity contribution in [1.29, 1.82) is 0 Å². The SMILES string of the molecule is COC(=O)C1O[C@@H]1[C@H](C[C@@H]1CCCC1=O)NC(=O)[C@@H](CC(=O)[C@@H](C)Cc1cccc2ccccc12)CC(C)C. The van der Waals surface area contributed by atoms with Crippen LogP contribution in [0.1, 0.15) is 64.9 Å². The third-order valence-electron chi connectivity index (χ3n) is 8.18. The summed E-state index contributed by atoms with van der Waals surface area (Å²) in [5, 5.41) is 5.37. The molecule has 1 heterocycles. The summed E-state index contributed by atoms with van der Waals surface area (Å²) in [6.45, 7) is 6.01. The van der Waals surface area contributed by atoms with Crippen molar-refractivity contribution in [1.82, 2.24) is 5.32 Å². The number of epoxide rings is 1. The number of hydrogen-bond donors (Lipinski definition) is 1. The first-order valence-electron chi connectivity index (χ1n) is 14.2.